The zero-order valence-electron chi connectivity index (χ0n) is 15.5. The van der Waals surface area contributed by atoms with Gasteiger partial charge in [-0.15, -0.1) is 15.3 Å². The molecule has 9 heteroatoms. The van der Waals surface area contributed by atoms with E-state index < -0.39 is 11.6 Å². The van der Waals surface area contributed by atoms with Crippen LogP contribution in [0.1, 0.15) is 17.8 Å². The van der Waals surface area contributed by atoms with E-state index in [2.05, 4.69) is 20.2 Å². The zero-order valence-corrected chi connectivity index (χ0v) is 15.5. The van der Waals surface area contributed by atoms with E-state index in [0.717, 1.165) is 24.8 Å². The van der Waals surface area contributed by atoms with Gasteiger partial charge in [-0.1, -0.05) is 6.07 Å². The monoisotopic (exact) mass is 386 g/mol. The molecule has 3 heterocycles. The Labute approximate surface area is 160 Å². The summed E-state index contributed by atoms with van der Waals surface area (Å²) in [5, 5.41) is 12.6. The maximum absolute atomic E-state index is 13.8. The van der Waals surface area contributed by atoms with E-state index in [0.29, 0.717) is 31.1 Å². The van der Waals surface area contributed by atoms with Crippen LogP contribution in [0, 0.1) is 18.6 Å². The molecule has 146 valence electrons. The van der Waals surface area contributed by atoms with Gasteiger partial charge in [-0.25, -0.2) is 8.78 Å². The maximum Gasteiger partial charge on any atom is 0.227 e. The van der Waals surface area contributed by atoms with Gasteiger partial charge in [0.25, 0.3) is 0 Å². The molecule has 0 atom stereocenters. The van der Waals surface area contributed by atoms with Crippen molar-refractivity contribution in [1.82, 2.24) is 24.7 Å². The first kappa shape index (κ1) is 18.3. The molecule has 0 spiro atoms. The molecule has 7 nitrogen and oxygen atoms in total. The van der Waals surface area contributed by atoms with Crippen molar-refractivity contribution in [2.75, 3.05) is 31.1 Å². The first-order valence-electron chi connectivity index (χ1n) is 9.17. The van der Waals surface area contributed by atoms with Crippen LogP contribution in [0.2, 0.25) is 0 Å². The number of hydrogen-bond donors (Lipinski definition) is 0. The molecule has 0 saturated carbocycles. The summed E-state index contributed by atoms with van der Waals surface area (Å²) in [7, 11) is 0. The van der Waals surface area contributed by atoms with Gasteiger partial charge in [0, 0.05) is 32.2 Å². The molecule has 1 amide bonds. The van der Waals surface area contributed by atoms with Gasteiger partial charge in [0.1, 0.15) is 17.5 Å². The van der Waals surface area contributed by atoms with E-state index >= 15 is 0 Å². The number of hydrogen-bond acceptors (Lipinski definition) is 5. The van der Waals surface area contributed by atoms with Gasteiger partial charge in [-0.2, -0.15) is 4.52 Å². The van der Waals surface area contributed by atoms with Crippen LogP contribution in [0.5, 0.6) is 0 Å². The number of aromatic nitrogens is 4. The van der Waals surface area contributed by atoms with Crippen molar-refractivity contribution < 1.29 is 13.6 Å². The van der Waals surface area contributed by atoms with Crippen molar-refractivity contribution in [2.45, 2.75) is 19.8 Å². The number of aryl methyl sites for hydroxylation is 1. The van der Waals surface area contributed by atoms with Gasteiger partial charge >= 0.3 is 0 Å². The Bertz CT molecular complexity index is 1020. The molecule has 2 aromatic heterocycles. The zero-order chi connectivity index (χ0) is 19.7. The van der Waals surface area contributed by atoms with Crippen molar-refractivity contribution in [3.8, 4) is 0 Å². The number of anilines is 1. The summed E-state index contributed by atoms with van der Waals surface area (Å²) in [6.07, 6.45) is 0.703. The highest BCUT2D eigenvalue weighted by Gasteiger charge is 2.21. The Kier molecular flexibility index (Phi) is 4.89. The molecule has 0 aliphatic carbocycles. The number of halogens is 2. The normalized spacial score (nSPS) is 15.1. The van der Waals surface area contributed by atoms with Gasteiger partial charge in [-0.05, 0) is 37.1 Å². The van der Waals surface area contributed by atoms with Crippen molar-refractivity contribution in [3.05, 3.63) is 53.4 Å². The number of amides is 1. The Balaban J connectivity index is 1.43. The van der Waals surface area contributed by atoms with Gasteiger partial charge < -0.3 is 9.80 Å². The number of fused-ring (bicyclic) bond motifs is 1. The molecule has 1 aliphatic heterocycles. The maximum atomic E-state index is 13.8. The highest BCUT2D eigenvalue weighted by atomic mass is 19.1. The molecule has 1 aliphatic rings. The number of benzene rings is 1. The SMILES string of the molecule is Cc1nnc2ccc(N3CCCN(C(=O)Cc4ccc(F)cc4F)CC3)nn12. The smallest absolute Gasteiger partial charge is 0.227 e. The molecular formula is C19H20F2N6O. The van der Waals surface area contributed by atoms with Gasteiger partial charge in [0.2, 0.25) is 5.91 Å². The van der Waals surface area contributed by atoms with Crippen LogP contribution in [0.4, 0.5) is 14.6 Å². The first-order valence-corrected chi connectivity index (χ1v) is 9.17. The van der Waals surface area contributed by atoms with Crippen molar-refractivity contribution in [2.24, 2.45) is 0 Å². The fourth-order valence-corrected chi connectivity index (χ4v) is 3.39. The summed E-state index contributed by atoms with van der Waals surface area (Å²) >= 11 is 0. The Morgan fingerprint density at radius 2 is 1.93 bits per heavy atom. The molecule has 1 saturated heterocycles. The lowest BCUT2D eigenvalue weighted by molar-refractivity contribution is -0.130. The van der Waals surface area contributed by atoms with Crippen LogP contribution < -0.4 is 4.90 Å². The average Bonchev–Trinajstić information content (AvgIpc) is 2.90. The minimum Gasteiger partial charge on any atom is -0.353 e. The number of nitrogens with zero attached hydrogens (tertiary/aromatic N) is 6. The summed E-state index contributed by atoms with van der Waals surface area (Å²) in [6.45, 7) is 4.33. The molecule has 0 radical (unpaired) electrons. The van der Waals surface area contributed by atoms with Crippen molar-refractivity contribution in [3.63, 3.8) is 0 Å². The van der Waals surface area contributed by atoms with E-state index in [1.54, 1.807) is 9.42 Å². The molecule has 0 bridgehead atoms. The molecule has 1 aromatic carbocycles. The third-order valence-corrected chi connectivity index (χ3v) is 4.93. The average molecular weight is 386 g/mol. The standard InChI is InChI=1S/C19H20F2N6O/c1-13-22-23-17-5-6-18(24-27(13)17)25-7-2-8-26(10-9-25)19(28)11-14-3-4-15(20)12-16(14)21/h3-6,12H,2,7-11H2,1H3. The quantitative estimate of drug-likeness (QED) is 0.689. The highest BCUT2D eigenvalue weighted by Crippen LogP contribution is 2.16. The molecule has 0 unspecified atom stereocenters. The summed E-state index contributed by atoms with van der Waals surface area (Å²) in [5.41, 5.74) is 0.900. The lowest BCUT2D eigenvalue weighted by atomic mass is 10.1. The molecule has 1 fully saturated rings. The lowest BCUT2D eigenvalue weighted by Gasteiger charge is -2.23. The van der Waals surface area contributed by atoms with E-state index in [-0.39, 0.29) is 17.9 Å². The second-order valence-corrected chi connectivity index (χ2v) is 6.84. The van der Waals surface area contributed by atoms with E-state index in [4.69, 9.17) is 0 Å². The van der Waals surface area contributed by atoms with Crippen LogP contribution in [0.25, 0.3) is 5.65 Å². The topological polar surface area (TPSA) is 66.6 Å². The first-order chi connectivity index (χ1) is 13.5. The third-order valence-electron chi connectivity index (χ3n) is 4.93. The van der Waals surface area contributed by atoms with E-state index in [9.17, 15) is 13.6 Å². The second-order valence-electron chi connectivity index (χ2n) is 6.84. The van der Waals surface area contributed by atoms with Gasteiger partial charge in [0.15, 0.2) is 11.5 Å². The van der Waals surface area contributed by atoms with E-state index in [1.807, 2.05) is 19.1 Å². The predicted molar refractivity (Wildman–Crippen MR) is 99.0 cm³/mol. The predicted octanol–water partition coefficient (Wildman–Crippen LogP) is 1.99. The lowest BCUT2D eigenvalue weighted by Crippen LogP contribution is -2.36. The second kappa shape index (κ2) is 7.49. The molecule has 28 heavy (non-hydrogen) atoms. The molecule has 3 aromatic rings. The van der Waals surface area contributed by atoms with Crippen molar-refractivity contribution in [1.29, 1.82) is 0 Å². The van der Waals surface area contributed by atoms with Crippen LogP contribution >= 0.6 is 0 Å². The number of rotatable bonds is 3. The van der Waals surface area contributed by atoms with Crippen molar-refractivity contribution >= 4 is 17.4 Å². The Hall–Kier alpha value is -3.10. The summed E-state index contributed by atoms with van der Waals surface area (Å²) < 4.78 is 28.6. The van der Waals surface area contributed by atoms with Crippen LogP contribution in [-0.4, -0.2) is 56.8 Å². The highest BCUT2D eigenvalue weighted by molar-refractivity contribution is 5.79. The Morgan fingerprint density at radius 3 is 2.75 bits per heavy atom. The van der Waals surface area contributed by atoms with Crippen LogP contribution in [0.15, 0.2) is 30.3 Å². The van der Waals surface area contributed by atoms with Gasteiger partial charge in [0.05, 0.1) is 6.42 Å². The number of carbonyl (C=O) groups excluding carboxylic acids is 1. The fourth-order valence-electron chi connectivity index (χ4n) is 3.39. The molecular weight excluding hydrogens is 366 g/mol. The van der Waals surface area contributed by atoms with Crippen LogP contribution in [-0.2, 0) is 11.2 Å². The number of carbonyl (C=O) groups is 1. The van der Waals surface area contributed by atoms with Gasteiger partial charge in [-0.3, -0.25) is 4.79 Å². The third kappa shape index (κ3) is 3.64. The fraction of sp³-hybridized carbons (Fsp3) is 0.368. The Morgan fingerprint density at radius 1 is 1.07 bits per heavy atom. The summed E-state index contributed by atoms with van der Waals surface area (Å²) in [6, 6.07) is 7.07. The summed E-state index contributed by atoms with van der Waals surface area (Å²) in [4.78, 5) is 16.4. The van der Waals surface area contributed by atoms with Crippen LogP contribution in [0.3, 0.4) is 0 Å². The molecule has 0 N–H and O–H groups in total. The minimum absolute atomic E-state index is 0.0732. The minimum atomic E-state index is -0.688. The largest absolute Gasteiger partial charge is 0.353 e. The summed E-state index contributed by atoms with van der Waals surface area (Å²) in [5.74, 6) is 0.0167. The van der Waals surface area contributed by atoms with E-state index in [1.165, 1.54) is 12.1 Å². The molecule has 4 rings (SSSR count).